The molecule has 1 heterocycles. The minimum absolute atomic E-state index is 0.289. The Hall–Kier alpha value is -0.570. The summed E-state index contributed by atoms with van der Waals surface area (Å²) in [4.78, 5) is 12.5. The molecule has 1 N–H and O–H groups in total. The summed E-state index contributed by atoms with van der Waals surface area (Å²) in [7, 11) is 1.86. The Morgan fingerprint density at radius 2 is 1.48 bits per heavy atom. The second-order valence-electron chi connectivity index (χ2n) is 6.30. The molecule has 0 aliphatic carbocycles. The highest BCUT2D eigenvalue weighted by Crippen LogP contribution is 2.14. The van der Waals surface area contributed by atoms with Crippen molar-refractivity contribution >= 4 is 5.91 Å². The number of amides is 1. The molecule has 0 aromatic carbocycles. The third kappa shape index (κ3) is 11.7. The van der Waals surface area contributed by atoms with Crippen molar-refractivity contribution in [2.24, 2.45) is 0 Å². The molecular formula is C18H37NO2. The van der Waals surface area contributed by atoms with Gasteiger partial charge in [0, 0.05) is 26.1 Å². The van der Waals surface area contributed by atoms with Crippen LogP contribution in [0.25, 0.3) is 0 Å². The van der Waals surface area contributed by atoms with Crippen molar-refractivity contribution in [1.29, 1.82) is 0 Å². The van der Waals surface area contributed by atoms with Crippen molar-refractivity contribution < 1.29 is 9.90 Å². The Balaban J connectivity index is 0.000000423. The molecule has 3 nitrogen and oxygen atoms in total. The maximum Gasteiger partial charge on any atom is 0.222 e. The highest BCUT2D eigenvalue weighted by Gasteiger charge is 2.22. The smallest absolute Gasteiger partial charge is 0.222 e. The Morgan fingerprint density at radius 1 is 1.00 bits per heavy atom. The first-order chi connectivity index (χ1) is 10.1. The largest absolute Gasteiger partial charge is 0.396 e. The van der Waals surface area contributed by atoms with Gasteiger partial charge in [-0.3, -0.25) is 4.79 Å². The van der Waals surface area contributed by atoms with Crippen LogP contribution in [0.4, 0.5) is 0 Å². The van der Waals surface area contributed by atoms with E-state index in [1.165, 1.54) is 57.8 Å². The van der Waals surface area contributed by atoms with Gasteiger partial charge in [0.1, 0.15) is 0 Å². The molecule has 0 spiro atoms. The fourth-order valence-corrected chi connectivity index (χ4v) is 2.55. The maximum atomic E-state index is 10.7. The molecule has 0 bridgehead atoms. The number of aliphatic hydroxyl groups excluding tert-OH is 1. The van der Waals surface area contributed by atoms with E-state index in [0.717, 1.165) is 19.3 Å². The first-order valence-electron chi connectivity index (χ1n) is 9.00. The van der Waals surface area contributed by atoms with Crippen molar-refractivity contribution in [3.63, 3.8) is 0 Å². The third-order valence-electron chi connectivity index (χ3n) is 4.34. The molecule has 1 aliphatic rings. The highest BCUT2D eigenvalue weighted by molar-refractivity contribution is 5.78. The van der Waals surface area contributed by atoms with Crippen LogP contribution in [0.3, 0.4) is 0 Å². The van der Waals surface area contributed by atoms with Crippen LogP contribution in [-0.2, 0) is 4.79 Å². The fraction of sp³-hybridized carbons (Fsp3) is 0.944. The highest BCUT2D eigenvalue weighted by atomic mass is 16.2. The van der Waals surface area contributed by atoms with E-state index in [1.807, 2.05) is 7.05 Å². The second-order valence-corrected chi connectivity index (χ2v) is 6.30. The summed E-state index contributed by atoms with van der Waals surface area (Å²) in [6, 6.07) is 0.475. The van der Waals surface area contributed by atoms with Crippen LogP contribution in [0, 0.1) is 0 Å². The lowest BCUT2D eigenvalue weighted by Gasteiger charge is -2.13. The van der Waals surface area contributed by atoms with Gasteiger partial charge in [-0.15, -0.1) is 0 Å². The van der Waals surface area contributed by atoms with E-state index >= 15 is 0 Å². The molecule has 1 aliphatic heterocycles. The number of aliphatic hydroxyl groups is 1. The van der Waals surface area contributed by atoms with E-state index < -0.39 is 0 Å². The molecule has 21 heavy (non-hydrogen) atoms. The summed E-state index contributed by atoms with van der Waals surface area (Å²) >= 11 is 0. The normalized spacial score (nSPS) is 17.8. The van der Waals surface area contributed by atoms with Crippen molar-refractivity contribution in [3.8, 4) is 0 Å². The van der Waals surface area contributed by atoms with E-state index in [9.17, 15) is 4.79 Å². The van der Waals surface area contributed by atoms with E-state index in [0.29, 0.717) is 12.6 Å². The van der Waals surface area contributed by atoms with Crippen molar-refractivity contribution in [3.05, 3.63) is 0 Å². The number of hydrogen-bond acceptors (Lipinski definition) is 2. The van der Waals surface area contributed by atoms with Crippen LogP contribution in [0.1, 0.15) is 90.9 Å². The lowest BCUT2D eigenvalue weighted by atomic mass is 10.1. The van der Waals surface area contributed by atoms with Gasteiger partial charge in [0.2, 0.25) is 5.91 Å². The number of carbonyl (C=O) groups excluding carboxylic acids is 1. The van der Waals surface area contributed by atoms with E-state index in [-0.39, 0.29) is 5.91 Å². The van der Waals surface area contributed by atoms with Crippen LogP contribution < -0.4 is 0 Å². The zero-order valence-corrected chi connectivity index (χ0v) is 14.6. The van der Waals surface area contributed by atoms with Gasteiger partial charge >= 0.3 is 0 Å². The molecule has 0 aromatic rings. The molecule has 1 amide bonds. The van der Waals surface area contributed by atoms with Crippen molar-refractivity contribution in [2.45, 2.75) is 96.9 Å². The molecule has 0 radical (unpaired) electrons. The third-order valence-corrected chi connectivity index (χ3v) is 4.34. The van der Waals surface area contributed by atoms with Crippen LogP contribution in [0.2, 0.25) is 0 Å². The standard InChI is InChI=1S/C12H26O.C6H11NO/c1-2-3-4-5-6-7-8-9-10-11-12-13;1-5-3-4-6(8)7(5)2/h13H,2-12H2,1H3;5H,3-4H2,1-2H3. The number of likely N-dealkylation sites (tertiary alicyclic amines) is 1. The van der Waals surface area contributed by atoms with Gasteiger partial charge in [-0.25, -0.2) is 0 Å². The number of rotatable bonds is 10. The van der Waals surface area contributed by atoms with Gasteiger partial charge < -0.3 is 10.0 Å². The van der Waals surface area contributed by atoms with Crippen LogP contribution in [0.5, 0.6) is 0 Å². The lowest BCUT2D eigenvalue weighted by Crippen LogP contribution is -2.25. The predicted molar refractivity (Wildman–Crippen MR) is 90.4 cm³/mol. The maximum absolute atomic E-state index is 10.7. The summed E-state index contributed by atoms with van der Waals surface area (Å²) in [6.45, 7) is 4.70. The van der Waals surface area contributed by atoms with Crippen LogP contribution in [0.15, 0.2) is 0 Å². The first kappa shape index (κ1) is 20.4. The molecule has 126 valence electrons. The molecule has 0 saturated carbocycles. The van der Waals surface area contributed by atoms with Crippen LogP contribution in [-0.4, -0.2) is 35.6 Å². The monoisotopic (exact) mass is 299 g/mol. The van der Waals surface area contributed by atoms with E-state index in [2.05, 4.69) is 13.8 Å². The van der Waals surface area contributed by atoms with Crippen LogP contribution >= 0.6 is 0 Å². The summed E-state index contributed by atoms with van der Waals surface area (Å²) in [6.07, 6.45) is 15.1. The first-order valence-corrected chi connectivity index (χ1v) is 9.00. The fourth-order valence-electron chi connectivity index (χ4n) is 2.55. The minimum Gasteiger partial charge on any atom is -0.396 e. The van der Waals surface area contributed by atoms with Gasteiger partial charge in [-0.1, -0.05) is 64.7 Å². The molecule has 1 fully saturated rings. The minimum atomic E-state index is 0.289. The van der Waals surface area contributed by atoms with Gasteiger partial charge in [-0.2, -0.15) is 0 Å². The Kier molecular flexibility index (Phi) is 14.0. The van der Waals surface area contributed by atoms with E-state index in [1.54, 1.807) is 4.90 Å². The van der Waals surface area contributed by atoms with Crippen molar-refractivity contribution in [1.82, 2.24) is 4.90 Å². The molecule has 3 heteroatoms. The SMILES string of the molecule is CC1CCC(=O)N1C.CCCCCCCCCCCCO. The van der Waals surface area contributed by atoms with Crippen molar-refractivity contribution in [2.75, 3.05) is 13.7 Å². The number of carbonyl (C=O) groups is 1. The summed E-state index contributed by atoms with van der Waals surface area (Å²) < 4.78 is 0. The van der Waals surface area contributed by atoms with Gasteiger partial charge in [-0.05, 0) is 19.8 Å². The van der Waals surface area contributed by atoms with Gasteiger partial charge in [0.25, 0.3) is 0 Å². The molecule has 1 rings (SSSR count). The second kappa shape index (κ2) is 14.4. The van der Waals surface area contributed by atoms with Gasteiger partial charge in [0.05, 0.1) is 0 Å². The molecule has 1 unspecified atom stereocenters. The number of unbranched alkanes of at least 4 members (excludes halogenated alkanes) is 9. The quantitative estimate of drug-likeness (QED) is 0.602. The van der Waals surface area contributed by atoms with E-state index in [4.69, 9.17) is 5.11 Å². The zero-order chi connectivity index (χ0) is 15.9. The molecule has 0 aromatic heterocycles. The Morgan fingerprint density at radius 3 is 1.76 bits per heavy atom. The molecule has 1 atom stereocenters. The number of nitrogens with zero attached hydrogens (tertiary/aromatic N) is 1. The average molecular weight is 299 g/mol. The Labute approximate surface area is 132 Å². The summed E-state index contributed by atoms with van der Waals surface area (Å²) in [5.41, 5.74) is 0. The van der Waals surface area contributed by atoms with Gasteiger partial charge in [0.15, 0.2) is 0 Å². The Bertz CT molecular complexity index is 233. The summed E-state index contributed by atoms with van der Waals surface area (Å²) in [5, 5.41) is 8.57. The topological polar surface area (TPSA) is 40.5 Å². The lowest BCUT2D eigenvalue weighted by molar-refractivity contribution is -0.127. The predicted octanol–water partition coefficient (Wildman–Crippen LogP) is 4.53. The molecule has 1 saturated heterocycles. The average Bonchev–Trinajstić information content (AvgIpc) is 2.78. The zero-order valence-electron chi connectivity index (χ0n) is 14.6. The summed E-state index contributed by atoms with van der Waals surface area (Å²) in [5.74, 6) is 0.289. The number of hydrogen-bond donors (Lipinski definition) is 1. The molecular weight excluding hydrogens is 262 g/mol.